The number of benzene rings is 2. The molecule has 0 aliphatic heterocycles. The molecule has 2 unspecified atom stereocenters. The Bertz CT molecular complexity index is 882. The summed E-state index contributed by atoms with van der Waals surface area (Å²) in [6, 6.07) is 19.2. The Morgan fingerprint density at radius 2 is 1.59 bits per heavy atom. The van der Waals surface area contributed by atoms with Crippen LogP contribution in [0, 0.1) is 0 Å². The molecule has 29 heavy (non-hydrogen) atoms. The molecule has 0 amide bonds. The van der Waals surface area contributed by atoms with Gasteiger partial charge in [0.15, 0.2) is 0 Å². The second kappa shape index (κ2) is 9.08. The normalized spacial score (nSPS) is 19.5. The van der Waals surface area contributed by atoms with Gasteiger partial charge in [0.05, 0.1) is 0 Å². The third-order valence-electron chi connectivity index (χ3n) is 5.64. The van der Waals surface area contributed by atoms with Crippen LogP contribution >= 0.6 is 0 Å². The van der Waals surface area contributed by atoms with E-state index in [1.54, 1.807) is 12.1 Å². The summed E-state index contributed by atoms with van der Waals surface area (Å²) in [6.45, 7) is 5.83. The highest BCUT2D eigenvalue weighted by atomic mass is 16.6. The Balaban J connectivity index is 1.82. The summed E-state index contributed by atoms with van der Waals surface area (Å²) in [5, 5.41) is 0. The quantitative estimate of drug-likeness (QED) is 0.495. The van der Waals surface area contributed by atoms with Gasteiger partial charge in [0.25, 0.3) is 0 Å². The molecule has 2 aromatic rings. The van der Waals surface area contributed by atoms with Crippen molar-refractivity contribution in [1.29, 1.82) is 0 Å². The molecule has 4 nitrogen and oxygen atoms in total. The topological polar surface area (TPSA) is 52.6 Å². The zero-order valence-electron chi connectivity index (χ0n) is 17.3. The van der Waals surface area contributed by atoms with E-state index in [1.807, 2.05) is 36.4 Å². The highest BCUT2D eigenvalue weighted by Gasteiger charge is 2.40. The minimum absolute atomic E-state index is 0.249. The van der Waals surface area contributed by atoms with Crippen LogP contribution in [0.3, 0.4) is 0 Å². The van der Waals surface area contributed by atoms with Crippen molar-refractivity contribution >= 4 is 11.9 Å². The Morgan fingerprint density at radius 3 is 2.14 bits per heavy atom. The van der Waals surface area contributed by atoms with Gasteiger partial charge in [-0.05, 0) is 38.7 Å². The molecule has 4 heteroatoms. The summed E-state index contributed by atoms with van der Waals surface area (Å²) in [5.74, 6) is -1.05. The van der Waals surface area contributed by atoms with E-state index in [9.17, 15) is 9.59 Å². The van der Waals surface area contributed by atoms with Crippen molar-refractivity contribution in [2.45, 2.75) is 51.6 Å². The first-order valence-corrected chi connectivity index (χ1v) is 10.0. The lowest BCUT2D eigenvalue weighted by Gasteiger charge is -2.30. The van der Waals surface area contributed by atoms with Crippen molar-refractivity contribution in [2.75, 3.05) is 6.61 Å². The fourth-order valence-corrected chi connectivity index (χ4v) is 3.98. The lowest BCUT2D eigenvalue weighted by molar-refractivity contribution is -0.168. The van der Waals surface area contributed by atoms with Gasteiger partial charge in [0.2, 0.25) is 6.10 Å². The molecule has 2 atom stereocenters. The summed E-state index contributed by atoms with van der Waals surface area (Å²) in [5.41, 5.74) is 4.28. The van der Waals surface area contributed by atoms with Gasteiger partial charge < -0.3 is 9.47 Å². The van der Waals surface area contributed by atoms with E-state index in [1.165, 1.54) is 23.6 Å². The fourth-order valence-electron chi connectivity index (χ4n) is 3.98. The maximum Gasteiger partial charge on any atom is 0.352 e. The minimum Gasteiger partial charge on any atom is -0.462 e. The number of carbonyl (C=O) groups excluding carboxylic acids is 2. The standard InChI is InChI=1S/C25H28O4/c1-18(2)21-14-15-25(16-21,22-12-8-5-9-13-22)17-28-24(27)23(29-19(3)26)20-10-6-4-7-11-20/h4-13,23H,14-17H2,1-3H3. The zero-order chi connectivity index (χ0) is 20.9. The number of hydrogen-bond donors (Lipinski definition) is 0. The number of esters is 2. The Morgan fingerprint density at radius 1 is 0.966 bits per heavy atom. The number of allylic oxidation sites excluding steroid dienone is 2. The highest BCUT2D eigenvalue weighted by Crippen LogP contribution is 2.45. The van der Waals surface area contributed by atoms with Gasteiger partial charge in [-0.2, -0.15) is 0 Å². The zero-order valence-corrected chi connectivity index (χ0v) is 17.3. The molecular weight excluding hydrogens is 364 g/mol. The molecule has 0 radical (unpaired) electrons. The van der Waals surface area contributed by atoms with Crippen LogP contribution in [0.4, 0.5) is 0 Å². The van der Waals surface area contributed by atoms with Gasteiger partial charge in [0, 0.05) is 17.9 Å². The molecule has 1 aliphatic rings. The van der Waals surface area contributed by atoms with E-state index in [0.717, 1.165) is 19.3 Å². The summed E-state index contributed by atoms with van der Waals surface area (Å²) in [7, 11) is 0. The molecule has 1 aliphatic carbocycles. The molecule has 1 fully saturated rings. The minimum atomic E-state index is -1.05. The van der Waals surface area contributed by atoms with Crippen molar-refractivity contribution in [1.82, 2.24) is 0 Å². The number of carbonyl (C=O) groups is 2. The molecule has 0 saturated heterocycles. The van der Waals surface area contributed by atoms with E-state index in [-0.39, 0.29) is 12.0 Å². The molecule has 0 spiro atoms. The predicted octanol–water partition coefficient (Wildman–Crippen LogP) is 5.29. The van der Waals surface area contributed by atoms with Crippen LogP contribution in [-0.2, 0) is 24.5 Å². The van der Waals surface area contributed by atoms with Crippen LogP contribution < -0.4 is 0 Å². The van der Waals surface area contributed by atoms with Crippen LogP contribution in [0.5, 0.6) is 0 Å². The number of ether oxygens (including phenoxy) is 2. The largest absolute Gasteiger partial charge is 0.462 e. The smallest absolute Gasteiger partial charge is 0.352 e. The molecule has 152 valence electrons. The van der Waals surface area contributed by atoms with Gasteiger partial charge in [-0.25, -0.2) is 4.79 Å². The predicted molar refractivity (Wildman–Crippen MR) is 112 cm³/mol. The van der Waals surface area contributed by atoms with Crippen LogP contribution in [0.2, 0.25) is 0 Å². The van der Waals surface area contributed by atoms with Crippen molar-refractivity contribution in [2.24, 2.45) is 0 Å². The SMILES string of the molecule is CC(=O)OC(C(=O)OCC1(c2ccccc2)CCC(=C(C)C)C1)c1ccccc1. The van der Waals surface area contributed by atoms with Gasteiger partial charge >= 0.3 is 11.9 Å². The second-order valence-corrected chi connectivity index (χ2v) is 7.93. The van der Waals surface area contributed by atoms with Crippen LogP contribution in [0.15, 0.2) is 71.8 Å². The number of hydrogen-bond acceptors (Lipinski definition) is 4. The molecular formula is C25H28O4. The van der Waals surface area contributed by atoms with Gasteiger partial charge in [0.1, 0.15) is 6.61 Å². The van der Waals surface area contributed by atoms with E-state index in [4.69, 9.17) is 9.47 Å². The number of rotatable bonds is 6. The van der Waals surface area contributed by atoms with Crippen LogP contribution in [0.25, 0.3) is 0 Å². The monoisotopic (exact) mass is 392 g/mol. The Labute approximate surface area is 172 Å². The first-order valence-electron chi connectivity index (χ1n) is 10.0. The average molecular weight is 392 g/mol. The molecule has 0 aromatic heterocycles. The summed E-state index contributed by atoms with van der Waals surface area (Å²) in [4.78, 5) is 24.5. The summed E-state index contributed by atoms with van der Waals surface area (Å²) in [6.07, 6.45) is 1.75. The molecule has 0 heterocycles. The lowest BCUT2D eigenvalue weighted by Crippen LogP contribution is -2.32. The van der Waals surface area contributed by atoms with E-state index >= 15 is 0 Å². The second-order valence-electron chi connectivity index (χ2n) is 7.93. The molecule has 3 rings (SSSR count). The molecule has 0 N–H and O–H groups in total. The van der Waals surface area contributed by atoms with E-state index < -0.39 is 18.0 Å². The van der Waals surface area contributed by atoms with Crippen LogP contribution in [0.1, 0.15) is 57.3 Å². The maximum absolute atomic E-state index is 12.9. The fraction of sp³-hybridized carbons (Fsp3) is 0.360. The van der Waals surface area contributed by atoms with Crippen molar-refractivity contribution in [3.63, 3.8) is 0 Å². The maximum atomic E-state index is 12.9. The summed E-state index contributed by atoms with van der Waals surface area (Å²) < 4.78 is 11.1. The van der Waals surface area contributed by atoms with Crippen molar-refractivity contribution in [3.05, 3.63) is 82.9 Å². The molecule has 2 aromatic carbocycles. The van der Waals surface area contributed by atoms with Gasteiger partial charge in [-0.1, -0.05) is 71.8 Å². The molecule has 0 bridgehead atoms. The van der Waals surface area contributed by atoms with Crippen molar-refractivity contribution < 1.29 is 19.1 Å². The first kappa shape index (κ1) is 20.8. The Hall–Kier alpha value is -2.88. The van der Waals surface area contributed by atoms with Crippen LogP contribution in [-0.4, -0.2) is 18.5 Å². The highest BCUT2D eigenvalue weighted by molar-refractivity contribution is 5.80. The lowest BCUT2D eigenvalue weighted by atomic mass is 9.79. The van der Waals surface area contributed by atoms with E-state index in [2.05, 4.69) is 26.0 Å². The average Bonchev–Trinajstić information content (AvgIpc) is 3.18. The molecule has 1 saturated carbocycles. The van der Waals surface area contributed by atoms with Gasteiger partial charge in [-0.3, -0.25) is 4.79 Å². The Kier molecular flexibility index (Phi) is 6.53. The van der Waals surface area contributed by atoms with Gasteiger partial charge in [-0.15, -0.1) is 0 Å². The third kappa shape index (κ3) is 4.94. The summed E-state index contributed by atoms with van der Waals surface area (Å²) >= 11 is 0. The van der Waals surface area contributed by atoms with Crippen molar-refractivity contribution in [3.8, 4) is 0 Å². The van der Waals surface area contributed by atoms with E-state index in [0.29, 0.717) is 5.56 Å². The third-order valence-corrected chi connectivity index (χ3v) is 5.64. The first-order chi connectivity index (χ1) is 13.9.